The molecule has 400 valence electrons. The highest BCUT2D eigenvalue weighted by atomic mass is 16.6. The van der Waals surface area contributed by atoms with Crippen molar-refractivity contribution in [2.75, 3.05) is 40.6 Å². The molecular weight excluding hydrogens is 969 g/mol. The van der Waals surface area contributed by atoms with Gasteiger partial charge >= 0.3 is 59.7 Å². The molecule has 3 aliphatic carbocycles. The van der Waals surface area contributed by atoms with E-state index in [9.17, 15) is 47.9 Å². The Morgan fingerprint density at radius 1 is 0.405 bits per heavy atom. The first-order valence-electron chi connectivity index (χ1n) is 24.9. The van der Waals surface area contributed by atoms with Gasteiger partial charge in [-0.25, -0.2) is 19.2 Å². The number of ether oxygens (including phenoxy) is 10. The lowest BCUT2D eigenvalue weighted by Crippen LogP contribution is -2.30. The Bertz CT molecular complexity index is 2200. The van der Waals surface area contributed by atoms with Crippen LogP contribution in [0, 0.1) is 35.5 Å². The van der Waals surface area contributed by atoms with Crippen LogP contribution in [0.25, 0.3) is 0 Å². The highest BCUT2D eigenvalue weighted by Gasteiger charge is 2.36. The summed E-state index contributed by atoms with van der Waals surface area (Å²) >= 11 is 0. The summed E-state index contributed by atoms with van der Waals surface area (Å²) in [6, 6.07) is 7.91. The molecule has 0 amide bonds. The monoisotopic (exact) mass is 1030 g/mol. The van der Waals surface area contributed by atoms with Gasteiger partial charge in [-0.15, -0.1) is 0 Å². The van der Waals surface area contributed by atoms with Crippen molar-refractivity contribution in [1.82, 2.24) is 0 Å². The molecule has 20 nitrogen and oxygen atoms in total. The van der Waals surface area contributed by atoms with Crippen LogP contribution in [0.15, 0.2) is 61.7 Å². The van der Waals surface area contributed by atoms with Gasteiger partial charge in [0.05, 0.1) is 76.2 Å². The van der Waals surface area contributed by atoms with E-state index < -0.39 is 71.4 Å². The Morgan fingerprint density at radius 3 is 0.959 bits per heavy atom. The maximum absolute atomic E-state index is 13.3. The van der Waals surface area contributed by atoms with Crippen LogP contribution in [-0.2, 0) is 66.8 Å². The molecule has 3 saturated carbocycles. The predicted molar refractivity (Wildman–Crippen MR) is 257 cm³/mol. The van der Waals surface area contributed by atoms with Gasteiger partial charge < -0.3 is 47.4 Å². The molecule has 20 heteroatoms. The Morgan fingerprint density at radius 2 is 0.676 bits per heavy atom. The summed E-state index contributed by atoms with van der Waals surface area (Å²) < 4.78 is 52.9. The lowest BCUT2D eigenvalue weighted by molar-refractivity contribution is -0.152. The Labute approximate surface area is 428 Å². The fraction of sp³-hybridized carbons (Fsp3) is 0.519. The first kappa shape index (κ1) is 57.5. The minimum absolute atomic E-state index is 0.00428. The summed E-state index contributed by atoms with van der Waals surface area (Å²) in [5, 5.41) is 0. The minimum atomic E-state index is -0.836. The first-order chi connectivity index (χ1) is 35.6. The van der Waals surface area contributed by atoms with Crippen LogP contribution < -0.4 is 18.9 Å². The molecule has 0 N–H and O–H groups in total. The van der Waals surface area contributed by atoms with E-state index in [2.05, 4.69) is 13.2 Å². The molecular formula is C54H64O20. The van der Waals surface area contributed by atoms with E-state index in [1.807, 2.05) is 0 Å². The van der Waals surface area contributed by atoms with Crippen LogP contribution in [0.1, 0.15) is 123 Å². The van der Waals surface area contributed by atoms with Crippen molar-refractivity contribution in [2.24, 2.45) is 35.5 Å². The number of methoxy groups -OCH3 is 2. The fourth-order valence-corrected chi connectivity index (χ4v) is 8.79. The highest BCUT2D eigenvalue weighted by molar-refractivity contribution is 5.95. The minimum Gasteiger partial charge on any atom is -0.465 e. The number of carbonyl (C=O) groups is 10. The molecule has 0 spiro atoms. The third kappa shape index (κ3) is 17.4. The standard InChI is InChI=1S/C54H64O20/c1-5-45(55)67-27-7-9-29-69-47(57)33-11-15-37(16-12-33)51(61)73-43-25-23-39(31-41(43)53(63)65-3)71-49(59)35-19-21-36(22-20-35)50(60)72-40-24-26-44(42(32-40)54(64)66-4)74-52(62)38-17-13-34(14-18-38)48(58)70-30-10-8-28-68-46(56)6-2/h5-6,23-26,31-38H,1-2,7-22,27-30H2,3-4H3. The van der Waals surface area contributed by atoms with E-state index in [0.717, 1.165) is 26.4 Å². The Kier molecular flexibility index (Phi) is 22.8. The third-order valence-corrected chi connectivity index (χ3v) is 13.1. The molecule has 0 bridgehead atoms. The molecule has 0 unspecified atom stereocenters. The summed E-state index contributed by atoms with van der Waals surface area (Å²) in [4.78, 5) is 126. The summed E-state index contributed by atoms with van der Waals surface area (Å²) in [6.07, 6.45) is 8.37. The number of hydrogen-bond acceptors (Lipinski definition) is 20. The topological polar surface area (TPSA) is 263 Å². The molecule has 5 rings (SSSR count). The lowest BCUT2D eigenvalue weighted by Gasteiger charge is -2.26. The zero-order valence-corrected chi connectivity index (χ0v) is 41.8. The molecule has 0 radical (unpaired) electrons. The van der Waals surface area contributed by atoms with Crippen LogP contribution in [0.2, 0.25) is 0 Å². The third-order valence-electron chi connectivity index (χ3n) is 13.1. The van der Waals surface area contributed by atoms with Crippen LogP contribution in [0.5, 0.6) is 23.0 Å². The number of esters is 10. The molecule has 2 aromatic rings. The smallest absolute Gasteiger partial charge is 0.341 e. The number of carbonyl (C=O) groups excluding carboxylic acids is 10. The fourth-order valence-electron chi connectivity index (χ4n) is 8.79. The van der Waals surface area contributed by atoms with E-state index >= 15 is 0 Å². The van der Waals surface area contributed by atoms with Gasteiger partial charge in [0.2, 0.25) is 0 Å². The quantitative estimate of drug-likeness (QED) is 0.0333. The van der Waals surface area contributed by atoms with Gasteiger partial charge in [-0.3, -0.25) is 28.8 Å². The SMILES string of the molecule is C=CC(=O)OCCCCOC(=O)C1CCC(C(=O)Oc2ccc(OC(=O)C3CCC(C(=O)Oc4ccc(OC(=O)C5CCC(C(=O)OCCCCOC(=O)C=C)CC5)c(C(=O)OC)c4)CC3)cc2C(=O)OC)CC1. The Balaban J connectivity index is 1.05. The van der Waals surface area contributed by atoms with Gasteiger partial charge in [-0.05, 0) is 139 Å². The number of rotatable bonds is 24. The second kappa shape index (κ2) is 29.4. The average molecular weight is 1030 g/mol. The molecule has 0 aromatic heterocycles. The zero-order valence-electron chi connectivity index (χ0n) is 41.8. The van der Waals surface area contributed by atoms with Crippen molar-refractivity contribution in [1.29, 1.82) is 0 Å². The lowest BCUT2D eigenvalue weighted by atomic mass is 9.82. The number of unbranched alkanes of at least 4 members (excludes halogenated alkanes) is 2. The zero-order chi connectivity index (χ0) is 53.6. The van der Waals surface area contributed by atoms with Crippen LogP contribution >= 0.6 is 0 Å². The van der Waals surface area contributed by atoms with Gasteiger partial charge in [-0.2, -0.15) is 0 Å². The van der Waals surface area contributed by atoms with E-state index in [0.29, 0.717) is 77.0 Å². The van der Waals surface area contributed by atoms with E-state index in [1.165, 1.54) is 36.4 Å². The molecule has 0 saturated heterocycles. The molecule has 0 aliphatic heterocycles. The van der Waals surface area contributed by atoms with E-state index in [4.69, 9.17) is 47.4 Å². The second-order valence-corrected chi connectivity index (χ2v) is 18.1. The van der Waals surface area contributed by atoms with Gasteiger partial charge in [0.25, 0.3) is 0 Å². The summed E-state index contributed by atoms with van der Waals surface area (Å²) in [6.45, 7) is 7.39. The molecule has 74 heavy (non-hydrogen) atoms. The maximum Gasteiger partial charge on any atom is 0.341 e. The van der Waals surface area contributed by atoms with Gasteiger partial charge in [0.1, 0.15) is 34.1 Å². The van der Waals surface area contributed by atoms with Gasteiger partial charge in [0, 0.05) is 12.2 Å². The summed E-state index contributed by atoms with van der Waals surface area (Å²) in [5.74, 6) is -9.03. The van der Waals surface area contributed by atoms with Gasteiger partial charge in [0.15, 0.2) is 0 Å². The second-order valence-electron chi connectivity index (χ2n) is 18.1. The van der Waals surface area contributed by atoms with Crippen molar-refractivity contribution in [3.8, 4) is 23.0 Å². The average Bonchev–Trinajstić information content (AvgIpc) is 3.42. The van der Waals surface area contributed by atoms with Crippen LogP contribution in [0.4, 0.5) is 0 Å². The van der Waals surface area contributed by atoms with Crippen molar-refractivity contribution in [3.63, 3.8) is 0 Å². The maximum atomic E-state index is 13.3. The molecule has 3 aliphatic rings. The molecule has 0 atom stereocenters. The first-order valence-corrected chi connectivity index (χ1v) is 24.9. The summed E-state index contributed by atoms with van der Waals surface area (Å²) in [7, 11) is 2.30. The Hall–Kier alpha value is -7.38. The van der Waals surface area contributed by atoms with Crippen molar-refractivity contribution < 1.29 is 95.3 Å². The normalized spacial score (nSPS) is 20.2. The van der Waals surface area contributed by atoms with E-state index in [1.54, 1.807) is 0 Å². The number of benzene rings is 2. The van der Waals surface area contributed by atoms with Crippen molar-refractivity contribution >= 4 is 59.7 Å². The molecule has 3 fully saturated rings. The van der Waals surface area contributed by atoms with E-state index in [-0.39, 0.29) is 110 Å². The van der Waals surface area contributed by atoms with Crippen LogP contribution in [-0.4, -0.2) is 100 Å². The van der Waals surface area contributed by atoms with Crippen molar-refractivity contribution in [2.45, 2.75) is 103 Å². The predicted octanol–water partition coefficient (Wildman–Crippen LogP) is 7.11. The van der Waals surface area contributed by atoms with Crippen LogP contribution in [0.3, 0.4) is 0 Å². The van der Waals surface area contributed by atoms with Gasteiger partial charge in [-0.1, -0.05) is 13.2 Å². The highest BCUT2D eigenvalue weighted by Crippen LogP contribution is 2.36. The summed E-state index contributed by atoms with van der Waals surface area (Å²) in [5.41, 5.74) is -0.295. The molecule has 2 aromatic carbocycles. The number of hydrogen-bond donors (Lipinski definition) is 0. The largest absolute Gasteiger partial charge is 0.465 e. The van der Waals surface area contributed by atoms with Crippen molar-refractivity contribution in [3.05, 3.63) is 72.8 Å². The molecule has 0 heterocycles.